The van der Waals surface area contributed by atoms with Crippen LogP contribution in [0.4, 0.5) is 0 Å². The minimum absolute atomic E-state index is 0.0988. The molecule has 0 aromatic heterocycles. The van der Waals surface area contributed by atoms with E-state index in [1.165, 1.54) is 0 Å². The Balaban J connectivity index is 1.94. The maximum atomic E-state index is 5.77. The van der Waals surface area contributed by atoms with E-state index in [2.05, 4.69) is 41.9 Å². The van der Waals surface area contributed by atoms with Gasteiger partial charge in [0.25, 0.3) is 0 Å². The van der Waals surface area contributed by atoms with Crippen molar-refractivity contribution in [1.29, 1.82) is 0 Å². The number of ether oxygens (including phenoxy) is 3. The smallest absolute Gasteiger partial charge is 0.209 e. The highest BCUT2D eigenvalue weighted by Crippen LogP contribution is 2.36. The van der Waals surface area contributed by atoms with E-state index < -0.39 is 0 Å². The number of methoxy groups -OCH3 is 2. The molecule has 6 heteroatoms. The number of benzene rings is 1. The van der Waals surface area contributed by atoms with Crippen LogP contribution < -0.4 is 4.74 Å². The van der Waals surface area contributed by atoms with Gasteiger partial charge in [-0.25, -0.2) is 9.98 Å². The Morgan fingerprint density at radius 3 is 2.64 bits per heavy atom. The quantitative estimate of drug-likeness (QED) is 0.764. The molecule has 25 heavy (non-hydrogen) atoms. The Morgan fingerprint density at radius 2 is 1.96 bits per heavy atom. The number of rotatable bonds is 3. The maximum absolute atomic E-state index is 5.77. The van der Waals surface area contributed by atoms with Crippen LogP contribution in [0.5, 0.6) is 5.75 Å². The van der Waals surface area contributed by atoms with Crippen LogP contribution in [0.15, 0.2) is 32.7 Å². The molecular formula is C19H23BrN2O3. The standard InChI is InChI=1S/C19H23BrN2O3/c1-11(2)16-19(24-4)21-15(18(22-16)23-3)10-12-7-8-14(20)17-13(12)6-5-9-25-17/h5-8,11,15-16H,9-10H2,1-4H3/t15-,16+/m0/s1. The average Bonchev–Trinajstić information content (AvgIpc) is 2.63. The highest BCUT2D eigenvalue weighted by atomic mass is 79.9. The lowest BCUT2D eigenvalue weighted by atomic mass is 9.96. The van der Waals surface area contributed by atoms with Crippen LogP contribution in [0.2, 0.25) is 0 Å². The van der Waals surface area contributed by atoms with Gasteiger partial charge in [0.15, 0.2) is 0 Å². The Hall–Kier alpha value is -1.82. The Kier molecular flexibility index (Phi) is 5.47. The highest BCUT2D eigenvalue weighted by Gasteiger charge is 2.31. The fourth-order valence-electron chi connectivity index (χ4n) is 3.12. The van der Waals surface area contributed by atoms with Crippen molar-refractivity contribution in [3.05, 3.63) is 33.8 Å². The molecule has 0 N–H and O–H groups in total. The van der Waals surface area contributed by atoms with Crippen molar-refractivity contribution in [2.45, 2.75) is 32.4 Å². The molecule has 1 aromatic rings. The van der Waals surface area contributed by atoms with Crippen LogP contribution in [0, 0.1) is 5.92 Å². The van der Waals surface area contributed by atoms with E-state index in [0.717, 1.165) is 21.3 Å². The third-order valence-electron chi connectivity index (χ3n) is 4.40. The molecule has 0 saturated carbocycles. The summed E-state index contributed by atoms with van der Waals surface area (Å²) < 4.78 is 17.8. The third kappa shape index (κ3) is 3.59. The maximum Gasteiger partial charge on any atom is 0.209 e. The molecule has 0 aliphatic carbocycles. The molecule has 0 saturated heterocycles. The minimum Gasteiger partial charge on any atom is -0.488 e. The lowest BCUT2D eigenvalue weighted by Crippen LogP contribution is -2.38. The molecule has 2 aliphatic heterocycles. The van der Waals surface area contributed by atoms with Gasteiger partial charge in [-0.2, -0.15) is 0 Å². The van der Waals surface area contributed by atoms with Gasteiger partial charge in [-0.3, -0.25) is 0 Å². The number of hydrogen-bond acceptors (Lipinski definition) is 5. The first-order valence-electron chi connectivity index (χ1n) is 8.39. The second-order valence-electron chi connectivity index (χ2n) is 6.41. The summed E-state index contributed by atoms with van der Waals surface area (Å²) in [5, 5.41) is 0. The summed E-state index contributed by atoms with van der Waals surface area (Å²) in [5.74, 6) is 2.49. The molecule has 0 radical (unpaired) electrons. The molecular weight excluding hydrogens is 384 g/mol. The molecule has 134 valence electrons. The van der Waals surface area contributed by atoms with Crippen LogP contribution in [0.25, 0.3) is 6.08 Å². The molecule has 0 spiro atoms. The highest BCUT2D eigenvalue weighted by molar-refractivity contribution is 9.10. The largest absolute Gasteiger partial charge is 0.488 e. The zero-order valence-corrected chi connectivity index (χ0v) is 16.5. The van der Waals surface area contributed by atoms with E-state index in [1.54, 1.807) is 14.2 Å². The Morgan fingerprint density at radius 1 is 1.20 bits per heavy atom. The lowest BCUT2D eigenvalue weighted by Gasteiger charge is -2.27. The van der Waals surface area contributed by atoms with Gasteiger partial charge in [0.1, 0.15) is 24.4 Å². The first-order valence-corrected chi connectivity index (χ1v) is 9.18. The Bertz CT molecular complexity index is 740. The number of nitrogens with zero attached hydrogens (tertiary/aromatic N) is 2. The van der Waals surface area contributed by atoms with Crippen molar-refractivity contribution in [3.63, 3.8) is 0 Å². The molecule has 0 unspecified atom stereocenters. The molecule has 0 fully saturated rings. The predicted molar refractivity (Wildman–Crippen MR) is 104 cm³/mol. The molecule has 3 rings (SSSR count). The average molecular weight is 407 g/mol. The number of halogens is 1. The van der Waals surface area contributed by atoms with Crippen LogP contribution in [-0.4, -0.2) is 44.7 Å². The van der Waals surface area contributed by atoms with Crippen molar-refractivity contribution < 1.29 is 14.2 Å². The lowest BCUT2D eigenvalue weighted by molar-refractivity contribution is 0.332. The van der Waals surface area contributed by atoms with Crippen molar-refractivity contribution in [2.24, 2.45) is 15.9 Å². The number of aliphatic imine (C=N–C) groups is 2. The van der Waals surface area contributed by atoms with Crippen molar-refractivity contribution in [1.82, 2.24) is 0 Å². The first kappa shape index (κ1) is 18.0. The summed E-state index contributed by atoms with van der Waals surface area (Å²) in [6.07, 6.45) is 4.79. The second-order valence-corrected chi connectivity index (χ2v) is 7.27. The normalized spacial score (nSPS) is 22.0. The van der Waals surface area contributed by atoms with E-state index in [9.17, 15) is 0 Å². The molecule has 0 amide bonds. The van der Waals surface area contributed by atoms with Gasteiger partial charge in [0.2, 0.25) is 11.8 Å². The summed E-state index contributed by atoms with van der Waals surface area (Å²) in [7, 11) is 3.30. The van der Waals surface area contributed by atoms with E-state index in [4.69, 9.17) is 24.2 Å². The topological polar surface area (TPSA) is 52.4 Å². The summed E-state index contributed by atoms with van der Waals surface area (Å²) in [6.45, 7) is 4.79. The van der Waals surface area contributed by atoms with E-state index in [1.807, 2.05) is 12.1 Å². The van der Waals surface area contributed by atoms with Crippen molar-refractivity contribution in [2.75, 3.05) is 20.8 Å². The summed E-state index contributed by atoms with van der Waals surface area (Å²) >= 11 is 3.56. The summed E-state index contributed by atoms with van der Waals surface area (Å²) in [4.78, 5) is 9.52. The van der Waals surface area contributed by atoms with Gasteiger partial charge >= 0.3 is 0 Å². The summed E-state index contributed by atoms with van der Waals surface area (Å²) in [6, 6.07) is 3.80. The minimum atomic E-state index is -0.199. The third-order valence-corrected chi connectivity index (χ3v) is 5.02. The molecule has 0 bridgehead atoms. The molecule has 1 aromatic carbocycles. The van der Waals surface area contributed by atoms with Crippen LogP contribution >= 0.6 is 15.9 Å². The molecule has 2 heterocycles. The van der Waals surface area contributed by atoms with Gasteiger partial charge in [0.05, 0.1) is 18.7 Å². The van der Waals surface area contributed by atoms with Crippen LogP contribution in [0.3, 0.4) is 0 Å². The number of fused-ring (bicyclic) bond motifs is 1. The number of hydrogen-bond donors (Lipinski definition) is 0. The van der Waals surface area contributed by atoms with Gasteiger partial charge in [-0.05, 0) is 39.6 Å². The van der Waals surface area contributed by atoms with Crippen molar-refractivity contribution >= 4 is 33.8 Å². The van der Waals surface area contributed by atoms with E-state index >= 15 is 0 Å². The molecule has 2 atom stereocenters. The van der Waals surface area contributed by atoms with Gasteiger partial charge in [-0.15, -0.1) is 0 Å². The zero-order valence-electron chi connectivity index (χ0n) is 15.0. The fraction of sp³-hybridized carbons (Fsp3) is 0.474. The van der Waals surface area contributed by atoms with Gasteiger partial charge in [0, 0.05) is 12.0 Å². The van der Waals surface area contributed by atoms with Gasteiger partial charge in [-0.1, -0.05) is 26.0 Å². The fourth-order valence-corrected chi connectivity index (χ4v) is 3.58. The van der Waals surface area contributed by atoms with Crippen molar-refractivity contribution in [3.8, 4) is 5.75 Å². The van der Waals surface area contributed by atoms with Crippen LogP contribution in [0.1, 0.15) is 25.0 Å². The molecule has 2 aliphatic rings. The van der Waals surface area contributed by atoms with E-state index in [0.29, 0.717) is 30.7 Å². The Labute approximate surface area is 156 Å². The SMILES string of the molecule is COC1=N[C@H](C(C)C)C(OC)=N[C@H]1Cc1ccc(Br)c2c1C=CCO2. The van der Waals surface area contributed by atoms with E-state index in [-0.39, 0.29) is 12.1 Å². The monoisotopic (exact) mass is 406 g/mol. The summed E-state index contributed by atoms with van der Waals surface area (Å²) in [5.41, 5.74) is 2.22. The molecule has 5 nitrogen and oxygen atoms in total. The van der Waals surface area contributed by atoms with Gasteiger partial charge < -0.3 is 14.2 Å². The zero-order chi connectivity index (χ0) is 18.0. The van der Waals surface area contributed by atoms with Crippen LogP contribution in [-0.2, 0) is 15.9 Å². The predicted octanol–water partition coefficient (Wildman–Crippen LogP) is 3.89. The first-order chi connectivity index (χ1) is 12.0. The second kappa shape index (κ2) is 7.60.